The second kappa shape index (κ2) is 9.28. The van der Waals surface area contributed by atoms with E-state index in [9.17, 15) is 18.8 Å². The molecule has 0 radical (unpaired) electrons. The molecule has 0 unspecified atom stereocenters. The molecule has 1 aliphatic rings. The van der Waals surface area contributed by atoms with Gasteiger partial charge in [-0.05, 0) is 50.6 Å². The summed E-state index contributed by atoms with van der Waals surface area (Å²) in [5.41, 5.74) is 0.844. The van der Waals surface area contributed by atoms with Crippen LogP contribution in [0.15, 0.2) is 24.3 Å². The number of likely N-dealkylation sites (tertiary alicyclic amines) is 1. The van der Waals surface area contributed by atoms with Crippen LogP contribution in [0, 0.1) is 11.7 Å². The van der Waals surface area contributed by atoms with Crippen LogP contribution < -0.4 is 16.0 Å². The maximum atomic E-state index is 12.9. The summed E-state index contributed by atoms with van der Waals surface area (Å²) in [5.74, 6) is -0.803. The second-order valence-corrected chi connectivity index (χ2v) is 6.40. The summed E-state index contributed by atoms with van der Waals surface area (Å²) in [4.78, 5) is 37.5. The van der Waals surface area contributed by atoms with Crippen molar-refractivity contribution in [3.8, 4) is 0 Å². The molecule has 0 saturated carbocycles. The van der Waals surface area contributed by atoms with Crippen LogP contribution in [0.4, 0.5) is 9.18 Å². The SMILES string of the molecule is CNC(=O)NC(=O)[C@@H](C)N1CCC(C(=O)NCc2ccc(F)cc2)CC1. The molecule has 1 atom stereocenters. The Labute approximate surface area is 152 Å². The van der Waals surface area contributed by atoms with Gasteiger partial charge in [0.25, 0.3) is 0 Å². The average molecular weight is 364 g/mol. The molecule has 142 valence electrons. The van der Waals surface area contributed by atoms with Crippen molar-refractivity contribution in [2.45, 2.75) is 32.4 Å². The zero-order chi connectivity index (χ0) is 19.1. The second-order valence-electron chi connectivity index (χ2n) is 6.40. The summed E-state index contributed by atoms with van der Waals surface area (Å²) in [5, 5.41) is 7.49. The number of hydrogen-bond donors (Lipinski definition) is 3. The number of piperidine rings is 1. The van der Waals surface area contributed by atoms with Gasteiger partial charge in [0.15, 0.2) is 0 Å². The lowest BCUT2D eigenvalue weighted by Gasteiger charge is -2.34. The molecule has 4 amide bonds. The first-order valence-electron chi connectivity index (χ1n) is 8.69. The van der Waals surface area contributed by atoms with Crippen LogP contribution >= 0.6 is 0 Å². The maximum Gasteiger partial charge on any atom is 0.321 e. The summed E-state index contributed by atoms with van der Waals surface area (Å²) in [7, 11) is 1.45. The molecule has 1 fully saturated rings. The molecule has 2 rings (SSSR count). The number of imide groups is 1. The van der Waals surface area contributed by atoms with Crippen LogP contribution in [-0.2, 0) is 16.1 Å². The van der Waals surface area contributed by atoms with Gasteiger partial charge in [0.05, 0.1) is 6.04 Å². The molecule has 1 saturated heterocycles. The fraction of sp³-hybridized carbons (Fsp3) is 0.500. The molecule has 1 aromatic rings. The number of amides is 4. The van der Waals surface area contributed by atoms with Crippen molar-refractivity contribution in [3.63, 3.8) is 0 Å². The van der Waals surface area contributed by atoms with Crippen molar-refractivity contribution >= 4 is 17.8 Å². The summed E-state index contributed by atoms with van der Waals surface area (Å²) >= 11 is 0. The monoisotopic (exact) mass is 364 g/mol. The number of nitrogens with one attached hydrogen (secondary N) is 3. The van der Waals surface area contributed by atoms with E-state index < -0.39 is 12.1 Å². The number of carbonyl (C=O) groups excluding carboxylic acids is 3. The number of nitrogens with zero attached hydrogens (tertiary/aromatic N) is 1. The summed E-state index contributed by atoms with van der Waals surface area (Å²) in [6.07, 6.45) is 1.29. The van der Waals surface area contributed by atoms with Gasteiger partial charge in [0.1, 0.15) is 5.82 Å². The van der Waals surface area contributed by atoms with Crippen molar-refractivity contribution in [2.75, 3.05) is 20.1 Å². The van der Waals surface area contributed by atoms with Crippen LogP contribution in [0.2, 0.25) is 0 Å². The molecular formula is C18H25FN4O3. The summed E-state index contributed by atoms with van der Waals surface area (Å²) < 4.78 is 12.9. The highest BCUT2D eigenvalue weighted by atomic mass is 19.1. The smallest absolute Gasteiger partial charge is 0.321 e. The largest absolute Gasteiger partial charge is 0.352 e. The molecule has 0 spiro atoms. The third-order valence-electron chi connectivity index (χ3n) is 4.67. The third-order valence-corrected chi connectivity index (χ3v) is 4.67. The number of hydrogen-bond acceptors (Lipinski definition) is 4. The Balaban J connectivity index is 1.76. The Kier molecular flexibility index (Phi) is 7.08. The molecule has 0 bridgehead atoms. The Hall–Kier alpha value is -2.48. The minimum atomic E-state index is -0.531. The highest BCUT2D eigenvalue weighted by Crippen LogP contribution is 2.19. The van der Waals surface area contributed by atoms with Gasteiger partial charge in [0, 0.05) is 19.5 Å². The maximum absolute atomic E-state index is 12.9. The summed E-state index contributed by atoms with van der Waals surface area (Å²) in [6, 6.07) is 5.05. The van der Waals surface area contributed by atoms with Gasteiger partial charge < -0.3 is 10.6 Å². The number of carbonyl (C=O) groups is 3. The average Bonchev–Trinajstić information content (AvgIpc) is 2.66. The predicted molar refractivity (Wildman–Crippen MR) is 94.6 cm³/mol. The Morgan fingerprint density at radius 3 is 2.38 bits per heavy atom. The van der Waals surface area contributed by atoms with Gasteiger partial charge in [-0.25, -0.2) is 9.18 Å². The van der Waals surface area contributed by atoms with Gasteiger partial charge in [0.2, 0.25) is 11.8 Å². The normalized spacial score (nSPS) is 16.6. The van der Waals surface area contributed by atoms with Crippen LogP contribution in [0.25, 0.3) is 0 Å². The zero-order valence-electron chi connectivity index (χ0n) is 15.0. The van der Waals surface area contributed by atoms with E-state index in [0.29, 0.717) is 32.5 Å². The zero-order valence-corrected chi connectivity index (χ0v) is 15.0. The molecule has 1 heterocycles. The Morgan fingerprint density at radius 2 is 1.81 bits per heavy atom. The predicted octanol–water partition coefficient (Wildman–Crippen LogP) is 0.998. The fourth-order valence-corrected chi connectivity index (χ4v) is 2.93. The number of urea groups is 1. The first-order chi connectivity index (χ1) is 12.4. The molecule has 1 aromatic carbocycles. The highest BCUT2D eigenvalue weighted by Gasteiger charge is 2.30. The van der Waals surface area contributed by atoms with Gasteiger partial charge in [-0.1, -0.05) is 12.1 Å². The van der Waals surface area contributed by atoms with E-state index in [1.54, 1.807) is 19.1 Å². The number of halogens is 1. The van der Waals surface area contributed by atoms with E-state index >= 15 is 0 Å². The lowest BCUT2D eigenvalue weighted by Crippen LogP contribution is -2.52. The fourth-order valence-electron chi connectivity index (χ4n) is 2.93. The van der Waals surface area contributed by atoms with E-state index in [4.69, 9.17) is 0 Å². The minimum absolute atomic E-state index is 0.0311. The molecule has 0 aromatic heterocycles. The van der Waals surface area contributed by atoms with Crippen LogP contribution in [0.5, 0.6) is 0 Å². The van der Waals surface area contributed by atoms with E-state index in [1.165, 1.54) is 19.2 Å². The summed E-state index contributed by atoms with van der Waals surface area (Å²) in [6.45, 7) is 3.32. The standard InChI is InChI=1S/C18H25FN4O3/c1-12(16(24)22-18(26)20-2)23-9-7-14(8-10-23)17(25)21-11-13-3-5-15(19)6-4-13/h3-6,12,14H,7-11H2,1-2H3,(H,21,25)(H2,20,22,24,26)/t12-/m1/s1. The molecule has 26 heavy (non-hydrogen) atoms. The van der Waals surface area contributed by atoms with Gasteiger partial charge in [-0.3, -0.25) is 19.8 Å². The van der Waals surface area contributed by atoms with Gasteiger partial charge in [-0.15, -0.1) is 0 Å². The lowest BCUT2D eigenvalue weighted by molar-refractivity contribution is -0.128. The van der Waals surface area contributed by atoms with Gasteiger partial charge in [-0.2, -0.15) is 0 Å². The van der Waals surface area contributed by atoms with E-state index in [0.717, 1.165) is 5.56 Å². The van der Waals surface area contributed by atoms with E-state index in [1.807, 2.05) is 4.90 Å². The Bertz CT molecular complexity index is 642. The topological polar surface area (TPSA) is 90.5 Å². The quantitative estimate of drug-likeness (QED) is 0.727. The van der Waals surface area contributed by atoms with Crippen molar-refractivity contribution in [3.05, 3.63) is 35.6 Å². The van der Waals surface area contributed by atoms with E-state index in [-0.39, 0.29) is 23.5 Å². The number of benzene rings is 1. The highest BCUT2D eigenvalue weighted by molar-refractivity contribution is 5.96. The number of rotatable bonds is 5. The first-order valence-corrected chi connectivity index (χ1v) is 8.69. The first kappa shape index (κ1) is 19.8. The van der Waals surface area contributed by atoms with Crippen molar-refractivity contribution in [2.24, 2.45) is 5.92 Å². The van der Waals surface area contributed by atoms with E-state index in [2.05, 4.69) is 16.0 Å². The van der Waals surface area contributed by atoms with Crippen molar-refractivity contribution in [1.82, 2.24) is 20.9 Å². The lowest BCUT2D eigenvalue weighted by atomic mass is 9.95. The van der Waals surface area contributed by atoms with Crippen molar-refractivity contribution < 1.29 is 18.8 Å². The molecule has 8 heteroatoms. The van der Waals surface area contributed by atoms with Gasteiger partial charge >= 0.3 is 6.03 Å². The third kappa shape index (κ3) is 5.52. The molecule has 7 nitrogen and oxygen atoms in total. The van der Waals surface area contributed by atoms with Crippen LogP contribution in [-0.4, -0.2) is 48.9 Å². The van der Waals surface area contributed by atoms with Crippen LogP contribution in [0.3, 0.4) is 0 Å². The minimum Gasteiger partial charge on any atom is -0.352 e. The molecule has 3 N–H and O–H groups in total. The molecule has 1 aliphatic heterocycles. The molecular weight excluding hydrogens is 339 g/mol. The Morgan fingerprint density at radius 1 is 1.19 bits per heavy atom. The molecule has 0 aliphatic carbocycles. The van der Waals surface area contributed by atoms with Crippen LogP contribution in [0.1, 0.15) is 25.3 Å². The van der Waals surface area contributed by atoms with Crippen molar-refractivity contribution in [1.29, 1.82) is 0 Å².